The molecule has 19 heavy (non-hydrogen) atoms. The zero-order chi connectivity index (χ0) is 13.1. The van der Waals surface area contributed by atoms with E-state index < -0.39 is 0 Å². The first-order valence-electron chi connectivity index (χ1n) is 7.13. The summed E-state index contributed by atoms with van der Waals surface area (Å²) in [4.78, 5) is 4.47. The smallest absolute Gasteiger partial charge is 0.229 e. The van der Waals surface area contributed by atoms with E-state index in [1.165, 1.54) is 12.8 Å². The van der Waals surface area contributed by atoms with Gasteiger partial charge in [0.2, 0.25) is 11.7 Å². The Morgan fingerprint density at radius 3 is 3.05 bits per heavy atom. The standard InChI is InChI=1S/C13H21N3O3/c1-2-17-12(9-3-4-9)13-15-11(19-16-13)7-10-8-14-5-6-18-10/h9-10,12,14H,2-8H2,1H3. The summed E-state index contributed by atoms with van der Waals surface area (Å²) >= 11 is 0. The second-order valence-electron chi connectivity index (χ2n) is 5.16. The molecule has 0 amide bonds. The van der Waals surface area contributed by atoms with Crippen LogP contribution >= 0.6 is 0 Å². The molecule has 1 aliphatic heterocycles. The van der Waals surface area contributed by atoms with Crippen molar-refractivity contribution in [3.05, 3.63) is 11.7 Å². The number of rotatable bonds is 6. The summed E-state index contributed by atoms with van der Waals surface area (Å²) in [6.07, 6.45) is 3.21. The van der Waals surface area contributed by atoms with Crippen molar-refractivity contribution in [3.63, 3.8) is 0 Å². The van der Waals surface area contributed by atoms with E-state index in [4.69, 9.17) is 14.0 Å². The lowest BCUT2D eigenvalue weighted by atomic mass is 10.2. The Hall–Kier alpha value is -0.980. The number of hydrogen-bond donors (Lipinski definition) is 1. The minimum Gasteiger partial charge on any atom is -0.375 e. The first kappa shape index (κ1) is 13.0. The van der Waals surface area contributed by atoms with Crippen molar-refractivity contribution in [1.29, 1.82) is 0 Å². The molecule has 1 aliphatic carbocycles. The predicted octanol–water partition coefficient (Wildman–Crippen LogP) is 1.09. The zero-order valence-corrected chi connectivity index (χ0v) is 11.3. The van der Waals surface area contributed by atoms with Crippen molar-refractivity contribution in [2.45, 2.75) is 38.4 Å². The predicted molar refractivity (Wildman–Crippen MR) is 67.7 cm³/mol. The maximum atomic E-state index is 5.73. The SMILES string of the molecule is CCOC(c1noc(CC2CNCCO2)n1)C1CC1. The summed E-state index contributed by atoms with van der Waals surface area (Å²) in [5.41, 5.74) is 0. The first-order chi connectivity index (χ1) is 9.36. The normalized spacial score (nSPS) is 25.4. The van der Waals surface area contributed by atoms with Gasteiger partial charge < -0.3 is 19.3 Å². The van der Waals surface area contributed by atoms with Crippen molar-refractivity contribution in [2.75, 3.05) is 26.3 Å². The molecule has 2 aliphatic rings. The first-order valence-corrected chi connectivity index (χ1v) is 7.13. The molecule has 106 valence electrons. The van der Waals surface area contributed by atoms with E-state index in [0.717, 1.165) is 19.7 Å². The molecule has 2 fully saturated rings. The molecule has 1 aromatic heterocycles. The van der Waals surface area contributed by atoms with Crippen LogP contribution in [0.5, 0.6) is 0 Å². The minimum atomic E-state index is 0.00731. The lowest BCUT2D eigenvalue weighted by molar-refractivity contribution is 0.0246. The van der Waals surface area contributed by atoms with Crippen molar-refractivity contribution < 1.29 is 14.0 Å². The van der Waals surface area contributed by atoms with E-state index in [-0.39, 0.29) is 12.2 Å². The Bertz CT molecular complexity index is 400. The molecular weight excluding hydrogens is 246 g/mol. The minimum absolute atomic E-state index is 0.00731. The summed E-state index contributed by atoms with van der Waals surface area (Å²) in [5.74, 6) is 1.91. The average Bonchev–Trinajstić information content (AvgIpc) is 3.17. The van der Waals surface area contributed by atoms with Gasteiger partial charge in [-0.25, -0.2) is 0 Å². The van der Waals surface area contributed by atoms with Gasteiger partial charge in [0, 0.05) is 19.7 Å². The highest BCUT2D eigenvalue weighted by atomic mass is 16.5. The average molecular weight is 267 g/mol. The molecule has 1 N–H and O–H groups in total. The molecule has 1 saturated heterocycles. The van der Waals surface area contributed by atoms with Gasteiger partial charge in [0.05, 0.1) is 19.1 Å². The fourth-order valence-corrected chi connectivity index (χ4v) is 2.41. The molecule has 3 rings (SSSR count). The number of nitrogens with zero attached hydrogens (tertiary/aromatic N) is 2. The topological polar surface area (TPSA) is 69.4 Å². The lowest BCUT2D eigenvalue weighted by Gasteiger charge is -2.21. The Morgan fingerprint density at radius 2 is 2.37 bits per heavy atom. The molecule has 6 heteroatoms. The number of aromatic nitrogens is 2. The van der Waals surface area contributed by atoms with Crippen LogP contribution in [-0.4, -0.2) is 42.5 Å². The van der Waals surface area contributed by atoms with Crippen LogP contribution in [-0.2, 0) is 15.9 Å². The van der Waals surface area contributed by atoms with Crippen LogP contribution in [0.2, 0.25) is 0 Å². The maximum Gasteiger partial charge on any atom is 0.229 e. The van der Waals surface area contributed by atoms with Crippen LogP contribution < -0.4 is 5.32 Å². The highest BCUT2D eigenvalue weighted by Crippen LogP contribution is 2.42. The zero-order valence-electron chi connectivity index (χ0n) is 11.3. The molecule has 6 nitrogen and oxygen atoms in total. The van der Waals surface area contributed by atoms with Gasteiger partial charge in [-0.1, -0.05) is 5.16 Å². The summed E-state index contributed by atoms with van der Waals surface area (Å²) in [6, 6.07) is 0. The van der Waals surface area contributed by atoms with Gasteiger partial charge in [-0.3, -0.25) is 0 Å². The molecule has 2 heterocycles. The maximum absolute atomic E-state index is 5.73. The number of morpholine rings is 1. The van der Waals surface area contributed by atoms with Crippen molar-refractivity contribution >= 4 is 0 Å². The van der Waals surface area contributed by atoms with Crippen LogP contribution in [0.15, 0.2) is 4.52 Å². The largest absolute Gasteiger partial charge is 0.375 e. The summed E-state index contributed by atoms with van der Waals surface area (Å²) < 4.78 is 16.7. The van der Waals surface area contributed by atoms with Crippen LogP contribution in [0.1, 0.15) is 37.6 Å². The van der Waals surface area contributed by atoms with Crippen molar-refractivity contribution in [3.8, 4) is 0 Å². The van der Waals surface area contributed by atoms with Crippen LogP contribution in [0.4, 0.5) is 0 Å². The third-order valence-electron chi connectivity index (χ3n) is 3.54. The highest BCUT2D eigenvalue weighted by Gasteiger charge is 2.36. The third-order valence-corrected chi connectivity index (χ3v) is 3.54. The fourth-order valence-electron chi connectivity index (χ4n) is 2.41. The number of ether oxygens (including phenoxy) is 2. The van der Waals surface area contributed by atoms with Gasteiger partial charge in [0.25, 0.3) is 0 Å². The fraction of sp³-hybridized carbons (Fsp3) is 0.846. The van der Waals surface area contributed by atoms with Gasteiger partial charge in [0.1, 0.15) is 6.10 Å². The van der Waals surface area contributed by atoms with Gasteiger partial charge in [-0.2, -0.15) is 4.98 Å². The molecule has 0 bridgehead atoms. The Labute approximate surface area is 112 Å². The van der Waals surface area contributed by atoms with E-state index in [9.17, 15) is 0 Å². The molecule has 0 radical (unpaired) electrons. The van der Waals surface area contributed by atoms with E-state index in [0.29, 0.717) is 30.7 Å². The summed E-state index contributed by atoms with van der Waals surface area (Å²) in [6.45, 7) is 5.18. The van der Waals surface area contributed by atoms with Gasteiger partial charge in [-0.05, 0) is 25.7 Å². The van der Waals surface area contributed by atoms with Crippen molar-refractivity contribution in [2.24, 2.45) is 5.92 Å². The Morgan fingerprint density at radius 1 is 1.47 bits per heavy atom. The van der Waals surface area contributed by atoms with E-state index in [1.54, 1.807) is 0 Å². The molecule has 2 unspecified atom stereocenters. The Kier molecular flexibility index (Phi) is 4.10. The molecule has 0 spiro atoms. The van der Waals surface area contributed by atoms with E-state index in [1.807, 2.05) is 6.92 Å². The van der Waals surface area contributed by atoms with Gasteiger partial charge >= 0.3 is 0 Å². The van der Waals surface area contributed by atoms with Crippen LogP contribution in [0.3, 0.4) is 0 Å². The summed E-state index contributed by atoms with van der Waals surface area (Å²) in [7, 11) is 0. The van der Waals surface area contributed by atoms with Crippen molar-refractivity contribution in [1.82, 2.24) is 15.5 Å². The molecular formula is C13H21N3O3. The summed E-state index contributed by atoms with van der Waals surface area (Å²) in [5, 5.41) is 7.37. The third kappa shape index (κ3) is 3.32. The van der Waals surface area contributed by atoms with E-state index in [2.05, 4.69) is 15.5 Å². The van der Waals surface area contributed by atoms with Crippen LogP contribution in [0.25, 0.3) is 0 Å². The molecule has 0 aromatic carbocycles. The second kappa shape index (κ2) is 5.98. The van der Waals surface area contributed by atoms with Gasteiger partial charge in [-0.15, -0.1) is 0 Å². The molecule has 1 saturated carbocycles. The Balaban J connectivity index is 1.61. The van der Waals surface area contributed by atoms with Gasteiger partial charge in [0.15, 0.2) is 0 Å². The second-order valence-corrected chi connectivity index (χ2v) is 5.16. The lowest BCUT2D eigenvalue weighted by Crippen LogP contribution is -2.39. The number of nitrogens with one attached hydrogen (secondary N) is 1. The quantitative estimate of drug-likeness (QED) is 0.832. The highest BCUT2D eigenvalue weighted by molar-refractivity contribution is 4.99. The number of hydrogen-bond acceptors (Lipinski definition) is 6. The van der Waals surface area contributed by atoms with Crippen LogP contribution in [0, 0.1) is 5.92 Å². The molecule has 2 atom stereocenters. The molecule has 1 aromatic rings. The van der Waals surface area contributed by atoms with E-state index >= 15 is 0 Å². The monoisotopic (exact) mass is 267 g/mol.